The van der Waals surface area contributed by atoms with E-state index in [-0.39, 0.29) is 18.9 Å². The fraction of sp³-hybridized carbons (Fsp3) is 0.304. The minimum atomic E-state index is -0.855. The zero-order valence-corrected chi connectivity index (χ0v) is 17.8. The van der Waals surface area contributed by atoms with E-state index in [1.165, 1.54) is 0 Å². The Morgan fingerprint density at radius 3 is 2.72 bits per heavy atom. The summed E-state index contributed by atoms with van der Waals surface area (Å²) in [5.74, 6) is 0.794. The number of nitrogens with one attached hydrogen (secondary N) is 3. The first-order chi connectivity index (χ1) is 15.5. The number of amides is 4. The number of rotatable bonds is 9. The Morgan fingerprint density at radius 2 is 1.91 bits per heavy atom. The van der Waals surface area contributed by atoms with Crippen LogP contribution in [-0.4, -0.2) is 59.0 Å². The van der Waals surface area contributed by atoms with Gasteiger partial charge in [-0.15, -0.1) is 0 Å². The summed E-state index contributed by atoms with van der Waals surface area (Å²) in [6, 6.07) is 13.8. The number of nitrogens with zero attached hydrogens (tertiary/aromatic N) is 2. The lowest BCUT2D eigenvalue weighted by atomic mass is 10.1. The van der Waals surface area contributed by atoms with E-state index in [2.05, 4.69) is 20.6 Å². The normalized spacial score (nSPS) is 15.8. The topological polar surface area (TPSA) is 116 Å². The maximum absolute atomic E-state index is 12.6. The fourth-order valence-corrected chi connectivity index (χ4v) is 3.77. The second kappa shape index (κ2) is 9.51. The Bertz CT molecular complexity index is 1110. The van der Waals surface area contributed by atoms with Crippen LogP contribution in [0.1, 0.15) is 17.8 Å². The van der Waals surface area contributed by atoms with Gasteiger partial charge in [0.2, 0.25) is 5.91 Å². The number of aromatic amines is 1. The van der Waals surface area contributed by atoms with Crippen molar-refractivity contribution in [3.63, 3.8) is 0 Å². The van der Waals surface area contributed by atoms with Crippen molar-refractivity contribution in [2.75, 3.05) is 20.2 Å². The van der Waals surface area contributed by atoms with E-state index in [1.807, 2.05) is 48.5 Å². The largest absolute Gasteiger partial charge is 0.496 e. The van der Waals surface area contributed by atoms with Crippen LogP contribution in [-0.2, 0) is 22.4 Å². The van der Waals surface area contributed by atoms with Crippen LogP contribution >= 0.6 is 0 Å². The fourth-order valence-electron chi connectivity index (χ4n) is 3.77. The standard InChI is InChI=1S/C23H25N5O4/c1-32-19-9-5-2-6-15(19)11-13-28-22(30)18(27-23(28)31)14-21(29)24-12-10-20-25-16-7-3-4-8-17(16)26-20/h2-9,18H,10-14H2,1H3,(H,24,29)(H,25,26)(H,27,31)/t18-/m0/s1. The van der Waals surface area contributed by atoms with Crippen molar-refractivity contribution in [3.05, 3.63) is 59.9 Å². The number of para-hydroxylation sites is 3. The number of ether oxygens (including phenoxy) is 1. The average molecular weight is 435 g/mol. The summed E-state index contributed by atoms with van der Waals surface area (Å²) in [7, 11) is 1.58. The van der Waals surface area contributed by atoms with Gasteiger partial charge in [0.15, 0.2) is 0 Å². The number of hydrogen-bond acceptors (Lipinski definition) is 5. The van der Waals surface area contributed by atoms with Gasteiger partial charge in [-0.2, -0.15) is 0 Å². The molecule has 0 radical (unpaired) electrons. The lowest BCUT2D eigenvalue weighted by Crippen LogP contribution is -2.37. The third-order valence-corrected chi connectivity index (χ3v) is 5.42. The molecule has 1 aliphatic rings. The molecule has 0 spiro atoms. The Morgan fingerprint density at radius 1 is 1.12 bits per heavy atom. The highest BCUT2D eigenvalue weighted by molar-refractivity contribution is 6.05. The summed E-state index contributed by atoms with van der Waals surface area (Å²) in [4.78, 5) is 46.0. The Hall–Kier alpha value is -3.88. The third kappa shape index (κ3) is 4.72. The number of carbonyl (C=O) groups is 3. The minimum Gasteiger partial charge on any atom is -0.496 e. The SMILES string of the molecule is COc1ccccc1CCN1C(=O)N[C@@H](CC(=O)NCCc2nc3ccccc3[nH]2)C1=O. The van der Waals surface area contributed by atoms with Gasteiger partial charge in [0, 0.05) is 19.5 Å². The van der Waals surface area contributed by atoms with Gasteiger partial charge in [0.1, 0.15) is 17.6 Å². The molecule has 2 heterocycles. The molecule has 1 saturated heterocycles. The van der Waals surface area contributed by atoms with Gasteiger partial charge >= 0.3 is 6.03 Å². The van der Waals surface area contributed by atoms with E-state index >= 15 is 0 Å². The smallest absolute Gasteiger partial charge is 0.324 e. The van der Waals surface area contributed by atoms with Crippen LogP contribution in [0, 0.1) is 0 Å². The third-order valence-electron chi connectivity index (χ3n) is 5.42. The van der Waals surface area contributed by atoms with Crippen LogP contribution in [0.5, 0.6) is 5.75 Å². The van der Waals surface area contributed by atoms with Crippen LogP contribution in [0.3, 0.4) is 0 Å². The van der Waals surface area contributed by atoms with Crippen LogP contribution in [0.2, 0.25) is 0 Å². The van der Waals surface area contributed by atoms with E-state index in [9.17, 15) is 14.4 Å². The molecule has 1 aliphatic heterocycles. The predicted molar refractivity (Wildman–Crippen MR) is 118 cm³/mol. The molecule has 0 bridgehead atoms. The Labute approximate surface area is 185 Å². The minimum absolute atomic E-state index is 0.101. The first-order valence-corrected chi connectivity index (χ1v) is 10.5. The van der Waals surface area contributed by atoms with Gasteiger partial charge in [-0.25, -0.2) is 9.78 Å². The van der Waals surface area contributed by atoms with Crippen LogP contribution in [0.15, 0.2) is 48.5 Å². The number of carbonyl (C=O) groups excluding carboxylic acids is 3. The quantitative estimate of drug-likeness (QED) is 0.443. The number of methoxy groups -OCH3 is 1. The molecular weight excluding hydrogens is 410 g/mol. The Balaban J connectivity index is 1.25. The van der Waals surface area contributed by atoms with Crippen molar-refractivity contribution in [2.24, 2.45) is 0 Å². The average Bonchev–Trinajstić information content (AvgIpc) is 3.32. The molecule has 0 unspecified atom stereocenters. The van der Waals surface area contributed by atoms with Gasteiger partial charge in [0.05, 0.1) is 24.6 Å². The van der Waals surface area contributed by atoms with Gasteiger partial charge in [0.25, 0.3) is 5.91 Å². The van der Waals surface area contributed by atoms with Crippen molar-refractivity contribution in [1.82, 2.24) is 25.5 Å². The highest BCUT2D eigenvalue weighted by Gasteiger charge is 2.38. The lowest BCUT2D eigenvalue weighted by Gasteiger charge is -2.14. The molecule has 32 heavy (non-hydrogen) atoms. The maximum Gasteiger partial charge on any atom is 0.324 e. The number of H-pyrrole nitrogens is 1. The second-order valence-corrected chi connectivity index (χ2v) is 7.56. The molecule has 2 aromatic carbocycles. The summed E-state index contributed by atoms with van der Waals surface area (Å²) in [5.41, 5.74) is 2.73. The van der Waals surface area contributed by atoms with Crippen LogP contribution in [0.25, 0.3) is 11.0 Å². The molecule has 9 heteroatoms. The number of urea groups is 1. The molecule has 1 fully saturated rings. The summed E-state index contributed by atoms with van der Waals surface area (Å²) < 4.78 is 5.31. The summed E-state index contributed by atoms with van der Waals surface area (Å²) >= 11 is 0. The highest BCUT2D eigenvalue weighted by atomic mass is 16.5. The zero-order valence-electron chi connectivity index (χ0n) is 17.8. The van der Waals surface area contributed by atoms with E-state index in [1.54, 1.807) is 7.11 Å². The maximum atomic E-state index is 12.6. The monoisotopic (exact) mass is 435 g/mol. The first kappa shape index (κ1) is 21.4. The van der Waals surface area contributed by atoms with Gasteiger partial charge in [-0.3, -0.25) is 14.5 Å². The summed E-state index contributed by atoms with van der Waals surface area (Å²) in [6.07, 6.45) is 0.909. The molecule has 9 nitrogen and oxygen atoms in total. The van der Waals surface area contributed by atoms with E-state index in [0.717, 1.165) is 27.3 Å². The van der Waals surface area contributed by atoms with Gasteiger partial charge < -0.3 is 20.4 Å². The Kier molecular flexibility index (Phi) is 6.34. The molecule has 166 valence electrons. The molecule has 3 aromatic rings. The number of imide groups is 1. The summed E-state index contributed by atoms with van der Waals surface area (Å²) in [5, 5.41) is 5.39. The van der Waals surface area contributed by atoms with E-state index < -0.39 is 18.0 Å². The van der Waals surface area contributed by atoms with Gasteiger partial charge in [-0.1, -0.05) is 30.3 Å². The molecule has 3 N–H and O–H groups in total. The number of fused-ring (bicyclic) bond motifs is 1. The van der Waals surface area contributed by atoms with Crippen LogP contribution in [0.4, 0.5) is 4.79 Å². The van der Waals surface area contributed by atoms with Crippen molar-refractivity contribution in [1.29, 1.82) is 0 Å². The molecule has 0 aliphatic carbocycles. The number of hydrogen-bond donors (Lipinski definition) is 3. The molecule has 1 atom stereocenters. The molecular formula is C23H25N5O4. The van der Waals surface area contributed by atoms with Crippen molar-refractivity contribution >= 4 is 28.9 Å². The van der Waals surface area contributed by atoms with E-state index in [0.29, 0.717) is 25.1 Å². The summed E-state index contributed by atoms with van der Waals surface area (Å²) in [6.45, 7) is 0.597. The molecule has 4 rings (SSSR count). The number of imidazole rings is 1. The molecule has 1 aromatic heterocycles. The van der Waals surface area contributed by atoms with E-state index in [4.69, 9.17) is 4.74 Å². The second-order valence-electron chi connectivity index (χ2n) is 7.56. The molecule has 4 amide bonds. The van der Waals surface area contributed by atoms with Gasteiger partial charge in [-0.05, 0) is 30.2 Å². The van der Waals surface area contributed by atoms with Crippen molar-refractivity contribution in [3.8, 4) is 5.75 Å². The molecule has 0 saturated carbocycles. The number of aromatic nitrogens is 2. The van der Waals surface area contributed by atoms with Crippen molar-refractivity contribution < 1.29 is 19.1 Å². The zero-order chi connectivity index (χ0) is 22.5. The predicted octanol–water partition coefficient (Wildman–Crippen LogP) is 1.78. The first-order valence-electron chi connectivity index (χ1n) is 10.5. The number of benzene rings is 2. The lowest BCUT2D eigenvalue weighted by molar-refractivity contribution is -0.130. The highest BCUT2D eigenvalue weighted by Crippen LogP contribution is 2.19. The van der Waals surface area contributed by atoms with Crippen molar-refractivity contribution in [2.45, 2.75) is 25.3 Å². The van der Waals surface area contributed by atoms with Crippen LogP contribution < -0.4 is 15.4 Å².